The van der Waals surface area contributed by atoms with Crippen molar-refractivity contribution in [3.05, 3.63) is 82.2 Å². The Morgan fingerprint density at radius 1 is 1.15 bits per heavy atom. The van der Waals surface area contributed by atoms with Gasteiger partial charge in [-0.3, -0.25) is 4.98 Å². The lowest BCUT2D eigenvalue weighted by molar-refractivity contribution is 0.410. The van der Waals surface area contributed by atoms with E-state index in [0.717, 1.165) is 28.9 Å². The van der Waals surface area contributed by atoms with Gasteiger partial charge in [0.25, 0.3) is 0 Å². The highest BCUT2D eigenvalue weighted by atomic mass is 16.5. The number of nitrogens with zero attached hydrogens (tertiary/aromatic N) is 3. The summed E-state index contributed by atoms with van der Waals surface area (Å²) in [6.45, 7) is 2.11. The Hall–Kier alpha value is -3.41. The van der Waals surface area contributed by atoms with Crippen LogP contribution in [-0.2, 0) is 6.42 Å². The highest BCUT2D eigenvalue weighted by molar-refractivity contribution is 5.77. The van der Waals surface area contributed by atoms with E-state index in [4.69, 9.17) is 4.74 Å². The maximum absolute atomic E-state index is 11.8. The van der Waals surface area contributed by atoms with Gasteiger partial charge in [-0.25, -0.2) is 9.78 Å². The molecule has 0 fully saturated rings. The number of nitrogens with one attached hydrogen (secondary N) is 1. The van der Waals surface area contributed by atoms with E-state index in [1.807, 2.05) is 24.3 Å². The lowest BCUT2D eigenvalue weighted by Crippen LogP contribution is -2.17. The van der Waals surface area contributed by atoms with Crippen LogP contribution in [0.3, 0.4) is 0 Å². The summed E-state index contributed by atoms with van der Waals surface area (Å²) >= 11 is 0. The topological polar surface area (TPSA) is 72.3 Å². The number of H-pyrrole nitrogens is 1. The van der Waals surface area contributed by atoms with Crippen LogP contribution in [0.15, 0.2) is 59.8 Å². The third-order valence-corrected chi connectivity index (χ3v) is 4.55. The largest absolute Gasteiger partial charge is 0.496 e. The molecule has 26 heavy (non-hydrogen) atoms. The minimum Gasteiger partial charge on any atom is -0.496 e. The van der Waals surface area contributed by atoms with Gasteiger partial charge in [0.05, 0.1) is 19.6 Å². The Labute approximate surface area is 150 Å². The molecule has 6 nitrogen and oxygen atoms in total. The normalized spacial score (nSPS) is 11.0. The number of rotatable bonds is 4. The summed E-state index contributed by atoms with van der Waals surface area (Å²) in [5, 5.41) is 4.12. The van der Waals surface area contributed by atoms with Crippen LogP contribution < -0.4 is 10.4 Å². The van der Waals surface area contributed by atoms with Gasteiger partial charge in [-0.05, 0) is 35.2 Å². The van der Waals surface area contributed by atoms with Crippen LogP contribution in [0.4, 0.5) is 0 Å². The van der Waals surface area contributed by atoms with E-state index >= 15 is 0 Å². The van der Waals surface area contributed by atoms with Crippen LogP contribution >= 0.6 is 0 Å². The lowest BCUT2D eigenvalue weighted by Gasteiger charge is -2.12. The SMILES string of the molecule is COc1cc(-c2cnn3c(=O)[nH]cnc23)ccc1Cc1ccccc1C. The highest BCUT2D eigenvalue weighted by Crippen LogP contribution is 2.30. The molecule has 0 bridgehead atoms. The Morgan fingerprint density at radius 3 is 2.81 bits per heavy atom. The number of benzene rings is 2. The molecule has 0 saturated heterocycles. The van der Waals surface area contributed by atoms with Crippen molar-refractivity contribution in [3.8, 4) is 16.9 Å². The van der Waals surface area contributed by atoms with Gasteiger partial charge in [-0.1, -0.05) is 36.4 Å². The molecule has 2 aromatic carbocycles. The molecule has 4 rings (SSSR count). The van der Waals surface area contributed by atoms with Crippen molar-refractivity contribution in [2.24, 2.45) is 0 Å². The van der Waals surface area contributed by atoms with Crippen molar-refractivity contribution >= 4 is 5.65 Å². The second-order valence-electron chi connectivity index (χ2n) is 6.13. The molecule has 0 atom stereocenters. The van der Waals surface area contributed by atoms with Crippen LogP contribution in [0, 0.1) is 6.92 Å². The Bertz CT molecular complexity index is 1140. The smallest absolute Gasteiger partial charge is 0.349 e. The van der Waals surface area contributed by atoms with Gasteiger partial charge in [0, 0.05) is 12.0 Å². The quantitative estimate of drug-likeness (QED) is 0.616. The predicted octanol–water partition coefficient (Wildman–Crippen LogP) is 2.99. The van der Waals surface area contributed by atoms with E-state index in [0.29, 0.717) is 5.65 Å². The lowest BCUT2D eigenvalue weighted by atomic mass is 9.98. The van der Waals surface area contributed by atoms with Gasteiger partial charge >= 0.3 is 5.69 Å². The number of ether oxygens (including phenoxy) is 1. The number of methoxy groups -OCH3 is 1. The zero-order chi connectivity index (χ0) is 18.1. The van der Waals surface area contributed by atoms with E-state index in [1.165, 1.54) is 22.0 Å². The van der Waals surface area contributed by atoms with Crippen molar-refractivity contribution < 1.29 is 4.74 Å². The number of fused-ring (bicyclic) bond motifs is 1. The molecule has 0 aliphatic heterocycles. The van der Waals surface area contributed by atoms with Crippen molar-refractivity contribution in [2.45, 2.75) is 13.3 Å². The minimum atomic E-state index is -0.315. The monoisotopic (exact) mass is 346 g/mol. The highest BCUT2D eigenvalue weighted by Gasteiger charge is 2.13. The van der Waals surface area contributed by atoms with E-state index < -0.39 is 0 Å². The Morgan fingerprint density at radius 2 is 2.00 bits per heavy atom. The summed E-state index contributed by atoms with van der Waals surface area (Å²) in [4.78, 5) is 18.6. The molecule has 130 valence electrons. The van der Waals surface area contributed by atoms with Gasteiger partial charge in [0.15, 0.2) is 5.65 Å². The Kier molecular flexibility index (Phi) is 4.01. The number of aryl methyl sites for hydroxylation is 1. The summed E-state index contributed by atoms with van der Waals surface area (Å²) in [5.41, 5.74) is 5.52. The molecule has 0 aliphatic rings. The molecular formula is C20H18N4O2. The van der Waals surface area contributed by atoms with Crippen LogP contribution in [0.5, 0.6) is 5.75 Å². The van der Waals surface area contributed by atoms with Gasteiger partial charge in [-0.15, -0.1) is 0 Å². The van der Waals surface area contributed by atoms with Crippen LogP contribution in [0.2, 0.25) is 0 Å². The maximum Gasteiger partial charge on any atom is 0.349 e. The molecule has 2 heterocycles. The summed E-state index contributed by atoms with van der Waals surface area (Å²) in [7, 11) is 1.67. The van der Waals surface area contributed by atoms with Crippen LogP contribution in [0.25, 0.3) is 16.8 Å². The summed E-state index contributed by atoms with van der Waals surface area (Å²) < 4.78 is 6.87. The fourth-order valence-electron chi connectivity index (χ4n) is 3.10. The fourth-order valence-corrected chi connectivity index (χ4v) is 3.10. The maximum atomic E-state index is 11.8. The zero-order valence-electron chi connectivity index (χ0n) is 14.6. The molecule has 2 aromatic heterocycles. The van der Waals surface area contributed by atoms with Crippen molar-refractivity contribution in [1.82, 2.24) is 19.6 Å². The molecule has 0 radical (unpaired) electrons. The minimum absolute atomic E-state index is 0.315. The first kappa shape index (κ1) is 16.1. The van der Waals surface area contributed by atoms with E-state index in [1.54, 1.807) is 13.3 Å². The molecule has 4 aromatic rings. The number of aromatic amines is 1. The molecule has 0 aliphatic carbocycles. The summed E-state index contributed by atoms with van der Waals surface area (Å²) in [5.74, 6) is 0.801. The average molecular weight is 346 g/mol. The number of aromatic nitrogens is 4. The first-order valence-electron chi connectivity index (χ1n) is 8.30. The molecule has 0 spiro atoms. The molecule has 0 unspecified atom stereocenters. The van der Waals surface area contributed by atoms with Gasteiger partial charge in [0.1, 0.15) is 5.75 Å². The van der Waals surface area contributed by atoms with Crippen LogP contribution in [-0.4, -0.2) is 26.7 Å². The molecule has 1 N–H and O–H groups in total. The first-order chi connectivity index (χ1) is 12.7. The molecule has 0 amide bonds. The fraction of sp³-hybridized carbons (Fsp3) is 0.150. The van der Waals surface area contributed by atoms with E-state index in [9.17, 15) is 4.79 Å². The summed E-state index contributed by atoms with van der Waals surface area (Å²) in [6, 6.07) is 14.4. The van der Waals surface area contributed by atoms with Crippen molar-refractivity contribution in [2.75, 3.05) is 7.11 Å². The standard InChI is InChI=1S/C20H18N4O2/c1-13-5-3-4-6-14(13)9-16-8-7-15(10-18(16)26-2)17-11-23-24-19(17)21-12-22-20(24)25/h3-8,10-12H,9H2,1-2H3,(H,21,22,25). The first-order valence-corrected chi connectivity index (χ1v) is 8.30. The van der Waals surface area contributed by atoms with Gasteiger partial charge < -0.3 is 4.74 Å². The van der Waals surface area contributed by atoms with Gasteiger partial charge in [0.2, 0.25) is 0 Å². The number of hydrogen-bond donors (Lipinski definition) is 1. The third-order valence-electron chi connectivity index (χ3n) is 4.55. The van der Waals surface area contributed by atoms with Gasteiger partial charge in [-0.2, -0.15) is 9.61 Å². The molecule has 6 heteroatoms. The van der Waals surface area contributed by atoms with E-state index in [2.05, 4.69) is 40.2 Å². The van der Waals surface area contributed by atoms with Crippen molar-refractivity contribution in [1.29, 1.82) is 0 Å². The van der Waals surface area contributed by atoms with E-state index in [-0.39, 0.29) is 5.69 Å². The predicted molar refractivity (Wildman–Crippen MR) is 99.6 cm³/mol. The second kappa shape index (κ2) is 6.48. The Balaban J connectivity index is 1.76. The summed E-state index contributed by atoms with van der Waals surface area (Å²) in [6.07, 6.45) is 3.82. The van der Waals surface area contributed by atoms with Crippen molar-refractivity contribution in [3.63, 3.8) is 0 Å². The average Bonchev–Trinajstić information content (AvgIpc) is 3.09. The molecular weight excluding hydrogens is 328 g/mol. The molecule has 0 saturated carbocycles. The second-order valence-corrected chi connectivity index (χ2v) is 6.13. The third kappa shape index (κ3) is 2.75. The zero-order valence-corrected chi connectivity index (χ0v) is 14.6. The van der Waals surface area contributed by atoms with Crippen LogP contribution in [0.1, 0.15) is 16.7 Å². The number of hydrogen-bond acceptors (Lipinski definition) is 4.